The van der Waals surface area contributed by atoms with Crippen LogP contribution in [-0.2, 0) is 0 Å². The summed E-state index contributed by atoms with van der Waals surface area (Å²) in [6, 6.07) is 21.7. The predicted octanol–water partition coefficient (Wildman–Crippen LogP) is 4.31. The van der Waals surface area contributed by atoms with Gasteiger partial charge in [-0.05, 0) is 60.7 Å². The van der Waals surface area contributed by atoms with Crippen LogP contribution in [0.2, 0.25) is 5.02 Å². The van der Waals surface area contributed by atoms with Crippen LogP contribution in [-0.4, -0.2) is 42.1 Å². The molecule has 7 heteroatoms. The van der Waals surface area contributed by atoms with Gasteiger partial charge in [-0.2, -0.15) is 0 Å². The molecule has 156 valence electrons. The molecule has 0 atom stereocenters. The van der Waals surface area contributed by atoms with E-state index in [1.807, 2.05) is 24.3 Å². The van der Waals surface area contributed by atoms with Crippen LogP contribution < -0.4 is 15.5 Å². The van der Waals surface area contributed by atoms with E-state index in [2.05, 4.69) is 50.1 Å². The predicted molar refractivity (Wildman–Crippen MR) is 126 cm³/mol. The number of hydrogen-bond donors (Lipinski definition) is 2. The Bertz CT molecular complexity index is 1240. The normalized spacial score (nSPS) is 14.2. The Kier molecular flexibility index (Phi) is 5.00. The number of aromatic amines is 1. The van der Waals surface area contributed by atoms with Gasteiger partial charge in [0.1, 0.15) is 5.82 Å². The number of hydrogen-bond acceptors (Lipinski definition) is 4. The maximum Gasteiger partial charge on any atom is 0.248 e. The van der Waals surface area contributed by atoms with Crippen molar-refractivity contribution >= 4 is 39.9 Å². The van der Waals surface area contributed by atoms with Crippen molar-refractivity contribution in [1.29, 1.82) is 0 Å². The van der Waals surface area contributed by atoms with E-state index >= 15 is 0 Å². The third-order valence-corrected chi connectivity index (χ3v) is 5.96. The van der Waals surface area contributed by atoms with Crippen LogP contribution in [0.3, 0.4) is 0 Å². The second-order valence-corrected chi connectivity index (χ2v) is 8.12. The molecule has 2 heterocycles. The molecule has 1 fully saturated rings. The Balaban J connectivity index is 1.29. The molecule has 3 N–H and O–H groups in total. The minimum Gasteiger partial charge on any atom is -0.368 e. The fourth-order valence-corrected chi connectivity index (χ4v) is 4.21. The average Bonchev–Trinajstić information content (AvgIpc) is 3.23. The Morgan fingerprint density at radius 3 is 2.29 bits per heavy atom. The van der Waals surface area contributed by atoms with Gasteiger partial charge in [0.25, 0.3) is 0 Å². The van der Waals surface area contributed by atoms with E-state index in [-0.39, 0.29) is 0 Å². The van der Waals surface area contributed by atoms with E-state index < -0.39 is 5.91 Å². The number of nitrogens with one attached hydrogen (secondary N) is 1. The number of primary amides is 1. The molecule has 6 nitrogen and oxygen atoms in total. The first-order chi connectivity index (χ1) is 15.1. The molecule has 1 aliphatic rings. The molecule has 1 saturated heterocycles. The Labute approximate surface area is 185 Å². The summed E-state index contributed by atoms with van der Waals surface area (Å²) in [7, 11) is 0. The Morgan fingerprint density at radius 2 is 1.61 bits per heavy atom. The van der Waals surface area contributed by atoms with Crippen molar-refractivity contribution in [1.82, 2.24) is 9.97 Å². The number of amides is 1. The molecule has 5 rings (SSSR count). The van der Waals surface area contributed by atoms with Gasteiger partial charge in [-0.15, -0.1) is 0 Å². The first-order valence-corrected chi connectivity index (χ1v) is 10.6. The lowest BCUT2D eigenvalue weighted by molar-refractivity contribution is 0.100. The number of nitrogens with two attached hydrogens (primary N) is 1. The summed E-state index contributed by atoms with van der Waals surface area (Å²) in [5.41, 5.74) is 10.8. The average molecular weight is 432 g/mol. The van der Waals surface area contributed by atoms with E-state index in [1.54, 1.807) is 12.1 Å². The van der Waals surface area contributed by atoms with E-state index in [0.29, 0.717) is 5.56 Å². The fourth-order valence-electron chi connectivity index (χ4n) is 4.02. The van der Waals surface area contributed by atoms with Crippen molar-refractivity contribution < 1.29 is 4.79 Å². The van der Waals surface area contributed by atoms with Gasteiger partial charge in [-0.25, -0.2) is 4.98 Å². The van der Waals surface area contributed by atoms with Gasteiger partial charge in [-0.1, -0.05) is 17.7 Å². The molecule has 4 aromatic rings. The minimum absolute atomic E-state index is 0.453. The lowest BCUT2D eigenvalue weighted by Gasteiger charge is -2.37. The third kappa shape index (κ3) is 3.94. The first-order valence-electron chi connectivity index (χ1n) is 10.2. The molecule has 0 unspecified atom stereocenters. The molecule has 3 aromatic carbocycles. The molecule has 31 heavy (non-hydrogen) atoms. The monoisotopic (exact) mass is 431 g/mol. The zero-order valence-electron chi connectivity index (χ0n) is 16.9. The SMILES string of the molecule is NC(=O)c1ccc2[nH]c(-c3ccc(N4CCN(c5cccc(Cl)c5)CC4)cc3)nc2c1. The number of carbonyl (C=O) groups excluding carboxylic acids is 1. The number of rotatable bonds is 4. The molecule has 1 amide bonds. The molecule has 1 aromatic heterocycles. The highest BCUT2D eigenvalue weighted by atomic mass is 35.5. The topological polar surface area (TPSA) is 78.2 Å². The second kappa shape index (κ2) is 7.96. The lowest BCUT2D eigenvalue weighted by Crippen LogP contribution is -2.46. The van der Waals surface area contributed by atoms with Gasteiger partial charge in [0.2, 0.25) is 5.91 Å². The number of fused-ring (bicyclic) bond motifs is 1. The summed E-state index contributed by atoms with van der Waals surface area (Å²) in [5, 5.41) is 0.770. The molecule has 1 aliphatic heterocycles. The fraction of sp³-hybridized carbons (Fsp3) is 0.167. The standard InChI is InChI=1S/C24H22ClN5O/c25-18-2-1-3-20(15-18)30-12-10-29(11-13-30)19-7-4-16(5-8-19)24-27-21-9-6-17(23(26)31)14-22(21)28-24/h1-9,14-15H,10-13H2,(H2,26,31)(H,27,28). The van der Waals surface area contributed by atoms with Crippen molar-refractivity contribution in [3.8, 4) is 11.4 Å². The van der Waals surface area contributed by atoms with Crippen molar-refractivity contribution in [2.24, 2.45) is 5.73 Å². The van der Waals surface area contributed by atoms with E-state index in [4.69, 9.17) is 17.3 Å². The van der Waals surface area contributed by atoms with Gasteiger partial charge >= 0.3 is 0 Å². The van der Waals surface area contributed by atoms with Gasteiger partial charge < -0.3 is 20.5 Å². The van der Waals surface area contributed by atoms with Crippen LogP contribution in [0.5, 0.6) is 0 Å². The van der Waals surface area contributed by atoms with Gasteiger partial charge in [-0.3, -0.25) is 4.79 Å². The van der Waals surface area contributed by atoms with Crippen LogP contribution in [0.4, 0.5) is 11.4 Å². The number of nitrogens with zero attached hydrogens (tertiary/aromatic N) is 3. The van der Waals surface area contributed by atoms with Gasteiger partial charge in [0.15, 0.2) is 0 Å². The maximum atomic E-state index is 11.4. The van der Waals surface area contributed by atoms with Crippen molar-refractivity contribution in [3.05, 3.63) is 77.3 Å². The Morgan fingerprint density at radius 1 is 0.903 bits per heavy atom. The van der Waals surface area contributed by atoms with Crippen LogP contribution in [0.25, 0.3) is 22.4 Å². The number of imidazole rings is 1. The Hall–Kier alpha value is -3.51. The second-order valence-electron chi connectivity index (χ2n) is 7.68. The number of piperazine rings is 1. The van der Waals surface area contributed by atoms with Crippen LogP contribution >= 0.6 is 11.6 Å². The highest BCUT2D eigenvalue weighted by Gasteiger charge is 2.18. The summed E-state index contributed by atoms with van der Waals surface area (Å²) in [5.74, 6) is 0.320. The number of aromatic nitrogens is 2. The molecule has 0 aliphatic carbocycles. The van der Waals surface area contributed by atoms with Crippen LogP contribution in [0.1, 0.15) is 10.4 Å². The van der Waals surface area contributed by atoms with E-state index in [0.717, 1.165) is 53.6 Å². The number of anilines is 2. The highest BCUT2D eigenvalue weighted by molar-refractivity contribution is 6.30. The molecular weight excluding hydrogens is 410 g/mol. The summed E-state index contributed by atoms with van der Waals surface area (Å²) in [6.45, 7) is 3.81. The number of H-pyrrole nitrogens is 1. The highest BCUT2D eigenvalue weighted by Crippen LogP contribution is 2.26. The number of halogens is 1. The minimum atomic E-state index is -0.453. The largest absolute Gasteiger partial charge is 0.368 e. The third-order valence-electron chi connectivity index (χ3n) is 5.73. The maximum absolute atomic E-state index is 11.4. The van der Waals surface area contributed by atoms with Crippen LogP contribution in [0.15, 0.2) is 66.7 Å². The molecular formula is C24H22ClN5O. The van der Waals surface area contributed by atoms with Gasteiger partial charge in [0, 0.05) is 53.7 Å². The van der Waals surface area contributed by atoms with Crippen molar-refractivity contribution in [2.75, 3.05) is 36.0 Å². The zero-order valence-corrected chi connectivity index (χ0v) is 17.6. The van der Waals surface area contributed by atoms with Gasteiger partial charge in [0.05, 0.1) is 11.0 Å². The lowest BCUT2D eigenvalue weighted by atomic mass is 10.1. The smallest absolute Gasteiger partial charge is 0.248 e. The summed E-state index contributed by atoms with van der Waals surface area (Å²) in [6.07, 6.45) is 0. The molecule has 0 spiro atoms. The summed E-state index contributed by atoms with van der Waals surface area (Å²) < 4.78 is 0. The first kappa shape index (κ1) is 19.5. The quantitative estimate of drug-likeness (QED) is 0.504. The number of benzene rings is 3. The number of carbonyl (C=O) groups is 1. The molecule has 0 radical (unpaired) electrons. The van der Waals surface area contributed by atoms with Crippen molar-refractivity contribution in [3.63, 3.8) is 0 Å². The summed E-state index contributed by atoms with van der Waals surface area (Å²) >= 11 is 6.14. The summed E-state index contributed by atoms with van der Waals surface area (Å²) in [4.78, 5) is 24.1. The van der Waals surface area contributed by atoms with Crippen LogP contribution in [0, 0.1) is 0 Å². The van der Waals surface area contributed by atoms with E-state index in [1.165, 1.54) is 11.4 Å². The van der Waals surface area contributed by atoms with Crippen molar-refractivity contribution in [2.45, 2.75) is 0 Å². The molecule has 0 bridgehead atoms. The van der Waals surface area contributed by atoms with E-state index in [9.17, 15) is 4.79 Å². The molecule has 0 saturated carbocycles. The zero-order chi connectivity index (χ0) is 21.4.